The molecule has 4 bridgehead atoms. The molecule has 0 saturated heterocycles. The predicted octanol–water partition coefficient (Wildman–Crippen LogP) is 4.88. The van der Waals surface area contributed by atoms with Gasteiger partial charge in [0.05, 0.1) is 0 Å². The van der Waals surface area contributed by atoms with Gasteiger partial charge in [0.2, 0.25) is 0 Å². The number of carbonyl (C=O) groups is 1. The van der Waals surface area contributed by atoms with E-state index in [1.54, 1.807) is 0 Å². The number of carbonyl (C=O) groups excluding carboxylic acids is 1. The molecule has 0 heterocycles. The summed E-state index contributed by atoms with van der Waals surface area (Å²) in [5.41, 5.74) is 3.50. The summed E-state index contributed by atoms with van der Waals surface area (Å²) in [6, 6.07) is 16.7. The minimum absolute atomic E-state index is 0.0323. The molecule has 1 N–H and O–H groups in total. The second kappa shape index (κ2) is 8.31. The molecule has 164 valence electrons. The Bertz CT molecular complexity index is 902. The lowest BCUT2D eigenvalue weighted by molar-refractivity contribution is -0.128. The summed E-state index contributed by atoms with van der Waals surface area (Å²) in [7, 11) is 4.11. The van der Waals surface area contributed by atoms with Crippen LogP contribution in [-0.2, 0) is 11.3 Å². The Kier molecular flexibility index (Phi) is 5.51. The van der Waals surface area contributed by atoms with Gasteiger partial charge in [0, 0.05) is 17.6 Å². The van der Waals surface area contributed by atoms with E-state index in [-0.39, 0.29) is 18.1 Å². The first-order valence-electron chi connectivity index (χ1n) is 11.7. The van der Waals surface area contributed by atoms with Crippen LogP contribution in [0.1, 0.15) is 44.1 Å². The Morgan fingerprint density at radius 1 is 0.968 bits per heavy atom. The number of benzene rings is 2. The molecule has 2 aromatic rings. The predicted molar refractivity (Wildman–Crippen MR) is 124 cm³/mol. The van der Waals surface area contributed by atoms with Crippen LogP contribution in [0, 0.1) is 17.8 Å². The molecule has 0 aromatic heterocycles. The fraction of sp³-hybridized carbons (Fsp3) is 0.519. The van der Waals surface area contributed by atoms with E-state index in [0.717, 1.165) is 35.6 Å². The largest absolute Gasteiger partial charge is 0.483 e. The average Bonchev–Trinajstić information content (AvgIpc) is 2.71. The van der Waals surface area contributed by atoms with Crippen LogP contribution in [0.15, 0.2) is 48.5 Å². The highest BCUT2D eigenvalue weighted by molar-refractivity contribution is 5.78. The van der Waals surface area contributed by atoms with Gasteiger partial charge in [0.15, 0.2) is 6.61 Å². The van der Waals surface area contributed by atoms with Crippen LogP contribution in [0.2, 0.25) is 0 Å². The van der Waals surface area contributed by atoms with Crippen molar-refractivity contribution in [1.82, 2.24) is 10.2 Å². The van der Waals surface area contributed by atoms with E-state index in [0.29, 0.717) is 0 Å². The first kappa shape index (κ1) is 20.6. The van der Waals surface area contributed by atoms with E-state index in [9.17, 15) is 4.79 Å². The fourth-order valence-corrected chi connectivity index (χ4v) is 6.73. The number of rotatable bonds is 7. The third kappa shape index (κ3) is 4.50. The zero-order valence-corrected chi connectivity index (χ0v) is 18.8. The number of nitrogens with one attached hydrogen (secondary N) is 1. The van der Waals surface area contributed by atoms with Crippen molar-refractivity contribution in [1.29, 1.82) is 0 Å². The van der Waals surface area contributed by atoms with Gasteiger partial charge in [0.25, 0.3) is 5.91 Å². The first-order chi connectivity index (χ1) is 15.0. The summed E-state index contributed by atoms with van der Waals surface area (Å²) in [4.78, 5) is 15.0. The molecule has 4 fully saturated rings. The van der Waals surface area contributed by atoms with Gasteiger partial charge in [-0.1, -0.05) is 36.4 Å². The van der Waals surface area contributed by atoms with Crippen LogP contribution in [0.5, 0.6) is 5.75 Å². The van der Waals surface area contributed by atoms with Gasteiger partial charge in [-0.25, -0.2) is 0 Å². The second-order valence-electron chi connectivity index (χ2n) is 10.5. The van der Waals surface area contributed by atoms with Crippen LogP contribution in [-0.4, -0.2) is 37.0 Å². The Hall–Kier alpha value is -2.33. The highest BCUT2D eigenvalue weighted by Crippen LogP contribution is 2.55. The maximum absolute atomic E-state index is 12.9. The van der Waals surface area contributed by atoms with Crippen molar-refractivity contribution in [3.8, 4) is 16.9 Å². The Morgan fingerprint density at radius 3 is 2.23 bits per heavy atom. The molecule has 0 unspecified atom stereocenters. The van der Waals surface area contributed by atoms with E-state index >= 15 is 0 Å². The summed E-state index contributed by atoms with van der Waals surface area (Å²) in [6.07, 6.45) is 7.65. The topological polar surface area (TPSA) is 41.6 Å². The molecule has 0 spiro atoms. The lowest BCUT2D eigenvalue weighted by Crippen LogP contribution is -2.60. The van der Waals surface area contributed by atoms with Crippen molar-refractivity contribution in [2.75, 3.05) is 20.7 Å². The van der Waals surface area contributed by atoms with Crippen molar-refractivity contribution in [2.45, 2.75) is 50.6 Å². The third-order valence-electron chi connectivity index (χ3n) is 7.46. The highest BCUT2D eigenvalue weighted by atomic mass is 16.5. The molecule has 4 aliphatic carbocycles. The molecule has 4 aliphatic rings. The van der Waals surface area contributed by atoms with E-state index < -0.39 is 0 Å². The van der Waals surface area contributed by atoms with Gasteiger partial charge in [-0.05, 0) is 93.6 Å². The fourth-order valence-electron chi connectivity index (χ4n) is 6.73. The molecule has 6 rings (SSSR count). The SMILES string of the molecule is CN(C)Cc1cc(-c2ccccc2)ccc1OCC(=O)NC12CC3CC(CC(C3)C1)C2. The standard InChI is InChI=1S/C27H34N2O2/c1-29(2)17-24-13-23(22-6-4-3-5-7-22)8-9-25(24)31-18-26(30)28-27-14-19-10-20(15-27)12-21(11-19)16-27/h3-9,13,19-21H,10-12,14-18H2,1-2H3,(H,28,30). The van der Waals surface area contributed by atoms with Crippen molar-refractivity contribution in [3.63, 3.8) is 0 Å². The van der Waals surface area contributed by atoms with Gasteiger partial charge in [-0.3, -0.25) is 4.79 Å². The maximum Gasteiger partial charge on any atom is 0.258 e. The van der Waals surface area contributed by atoms with Crippen LogP contribution in [0.25, 0.3) is 11.1 Å². The first-order valence-corrected chi connectivity index (χ1v) is 11.7. The minimum atomic E-state index is 0.0323. The van der Waals surface area contributed by atoms with Crippen molar-refractivity contribution < 1.29 is 9.53 Å². The molecule has 0 atom stereocenters. The number of nitrogens with zero attached hydrogens (tertiary/aromatic N) is 1. The summed E-state index contributed by atoms with van der Waals surface area (Å²) < 4.78 is 6.07. The monoisotopic (exact) mass is 418 g/mol. The molecule has 0 aliphatic heterocycles. The van der Waals surface area contributed by atoms with E-state index in [2.05, 4.69) is 60.7 Å². The third-order valence-corrected chi connectivity index (χ3v) is 7.46. The molecule has 4 saturated carbocycles. The number of ether oxygens (including phenoxy) is 1. The van der Waals surface area contributed by atoms with Crippen molar-refractivity contribution in [2.24, 2.45) is 17.8 Å². The van der Waals surface area contributed by atoms with Gasteiger partial charge in [-0.15, -0.1) is 0 Å². The quantitative estimate of drug-likeness (QED) is 0.697. The Balaban J connectivity index is 1.26. The smallest absolute Gasteiger partial charge is 0.258 e. The zero-order valence-electron chi connectivity index (χ0n) is 18.8. The highest BCUT2D eigenvalue weighted by Gasteiger charge is 2.51. The van der Waals surface area contributed by atoms with E-state index in [4.69, 9.17) is 4.74 Å². The number of hydrogen-bond donors (Lipinski definition) is 1. The van der Waals surface area contributed by atoms with Gasteiger partial charge >= 0.3 is 0 Å². The number of hydrogen-bond acceptors (Lipinski definition) is 3. The molecule has 4 heteroatoms. The second-order valence-corrected chi connectivity index (χ2v) is 10.5. The normalized spacial score (nSPS) is 28.7. The summed E-state index contributed by atoms with van der Waals surface area (Å²) in [5.74, 6) is 3.30. The molecule has 0 radical (unpaired) electrons. The van der Waals surface area contributed by atoms with Crippen molar-refractivity contribution in [3.05, 3.63) is 54.1 Å². The summed E-state index contributed by atoms with van der Waals surface area (Å²) in [5, 5.41) is 3.42. The molecular weight excluding hydrogens is 384 g/mol. The molecule has 1 amide bonds. The number of amides is 1. The molecule has 31 heavy (non-hydrogen) atoms. The summed E-state index contributed by atoms with van der Waals surface area (Å²) in [6.45, 7) is 0.861. The van der Waals surface area contributed by atoms with Gasteiger partial charge in [0.1, 0.15) is 5.75 Å². The van der Waals surface area contributed by atoms with Gasteiger partial charge < -0.3 is 15.0 Å². The van der Waals surface area contributed by atoms with Crippen LogP contribution in [0.3, 0.4) is 0 Å². The van der Waals surface area contributed by atoms with Gasteiger partial charge in [-0.2, -0.15) is 0 Å². The van der Waals surface area contributed by atoms with E-state index in [1.807, 2.05) is 12.1 Å². The zero-order chi connectivity index (χ0) is 21.4. The lowest BCUT2D eigenvalue weighted by atomic mass is 9.53. The van der Waals surface area contributed by atoms with Crippen LogP contribution < -0.4 is 10.1 Å². The minimum Gasteiger partial charge on any atom is -0.483 e. The Morgan fingerprint density at radius 2 is 1.61 bits per heavy atom. The van der Waals surface area contributed by atoms with E-state index in [1.165, 1.54) is 49.7 Å². The van der Waals surface area contributed by atoms with Crippen LogP contribution >= 0.6 is 0 Å². The van der Waals surface area contributed by atoms with Crippen LogP contribution in [0.4, 0.5) is 0 Å². The Labute approximate surface area is 186 Å². The van der Waals surface area contributed by atoms with Crippen molar-refractivity contribution >= 4 is 5.91 Å². The molecule has 4 nitrogen and oxygen atoms in total. The lowest BCUT2D eigenvalue weighted by Gasteiger charge is -2.56. The molecule has 2 aromatic carbocycles. The summed E-state index contributed by atoms with van der Waals surface area (Å²) >= 11 is 0. The molecular formula is C27H34N2O2. The maximum atomic E-state index is 12.9. The average molecular weight is 419 g/mol.